The Bertz CT molecular complexity index is 430. The molecule has 146 valence electrons. The SMILES string of the molecule is C[C@@H](O)CCCCCCCCC[C@H](O)[C@@H](O)C1=CC(=O)OC(C)(C)O1. The molecule has 6 heteroatoms. The van der Waals surface area contributed by atoms with E-state index in [4.69, 9.17) is 9.47 Å². The summed E-state index contributed by atoms with van der Waals surface area (Å²) in [6.45, 7) is 4.98. The highest BCUT2D eigenvalue weighted by Crippen LogP contribution is 2.26. The molecule has 0 saturated carbocycles. The Labute approximate surface area is 150 Å². The van der Waals surface area contributed by atoms with Crippen molar-refractivity contribution in [3.8, 4) is 0 Å². The van der Waals surface area contributed by atoms with E-state index in [2.05, 4.69) is 0 Å². The number of aliphatic hydroxyl groups is 3. The molecule has 0 aliphatic carbocycles. The Kier molecular flexibility index (Phi) is 9.46. The third-order valence-corrected chi connectivity index (χ3v) is 4.25. The molecule has 0 saturated heterocycles. The van der Waals surface area contributed by atoms with Crippen LogP contribution in [0.3, 0.4) is 0 Å². The van der Waals surface area contributed by atoms with Crippen LogP contribution in [0.1, 0.15) is 78.6 Å². The number of cyclic esters (lactones) is 1. The summed E-state index contributed by atoms with van der Waals surface area (Å²) in [5.74, 6) is -1.64. The first kappa shape index (κ1) is 21.9. The summed E-state index contributed by atoms with van der Waals surface area (Å²) in [5.41, 5.74) is 0. The summed E-state index contributed by atoms with van der Waals surface area (Å²) in [6, 6.07) is 0. The predicted octanol–water partition coefficient (Wildman–Crippen LogP) is 2.79. The fourth-order valence-electron chi connectivity index (χ4n) is 2.89. The van der Waals surface area contributed by atoms with Crippen LogP contribution in [0.25, 0.3) is 0 Å². The molecule has 3 N–H and O–H groups in total. The van der Waals surface area contributed by atoms with E-state index in [1.54, 1.807) is 13.8 Å². The van der Waals surface area contributed by atoms with E-state index in [0.717, 1.165) is 57.4 Å². The summed E-state index contributed by atoms with van der Waals surface area (Å²) >= 11 is 0. The Morgan fingerprint density at radius 2 is 1.44 bits per heavy atom. The molecule has 1 heterocycles. The fraction of sp³-hybridized carbons (Fsp3) is 0.842. The second-order valence-corrected chi connectivity index (χ2v) is 7.38. The minimum Gasteiger partial charge on any atom is -0.454 e. The van der Waals surface area contributed by atoms with Gasteiger partial charge in [-0.3, -0.25) is 0 Å². The monoisotopic (exact) mass is 358 g/mol. The standard InChI is InChI=1S/C19H34O6/c1-14(20)11-9-7-5-4-6-8-10-12-15(21)18(23)16-13-17(22)25-19(2,3)24-16/h13-15,18,20-21,23H,4-12H2,1-3H3/t14-,15+,18-/m1/s1. The van der Waals surface area contributed by atoms with Crippen LogP contribution in [0.4, 0.5) is 0 Å². The molecule has 25 heavy (non-hydrogen) atoms. The molecule has 1 aliphatic heterocycles. The third-order valence-electron chi connectivity index (χ3n) is 4.25. The number of carbonyl (C=O) groups is 1. The molecule has 6 nitrogen and oxygen atoms in total. The van der Waals surface area contributed by atoms with Crippen molar-refractivity contribution in [2.45, 2.75) is 103 Å². The van der Waals surface area contributed by atoms with Gasteiger partial charge in [-0.25, -0.2) is 4.79 Å². The van der Waals surface area contributed by atoms with Crippen LogP contribution in [0, 0.1) is 0 Å². The average Bonchev–Trinajstić information content (AvgIpc) is 2.50. The molecule has 0 aromatic heterocycles. The van der Waals surface area contributed by atoms with Crippen molar-refractivity contribution in [1.82, 2.24) is 0 Å². The third kappa shape index (κ3) is 9.23. The molecule has 0 radical (unpaired) electrons. The average molecular weight is 358 g/mol. The van der Waals surface area contributed by atoms with E-state index < -0.39 is 24.0 Å². The quantitative estimate of drug-likeness (QED) is 0.367. The molecule has 0 fully saturated rings. The Balaban J connectivity index is 2.15. The van der Waals surface area contributed by atoms with Gasteiger partial charge >= 0.3 is 5.97 Å². The number of unbranched alkanes of at least 4 members (excludes halogenated alkanes) is 6. The highest BCUT2D eigenvalue weighted by molar-refractivity contribution is 5.83. The summed E-state index contributed by atoms with van der Waals surface area (Å²) in [7, 11) is 0. The lowest BCUT2D eigenvalue weighted by Gasteiger charge is -2.33. The Hall–Kier alpha value is -1.11. The topological polar surface area (TPSA) is 96.2 Å². The first-order valence-corrected chi connectivity index (χ1v) is 9.39. The molecule has 0 aromatic carbocycles. The number of ether oxygens (including phenoxy) is 2. The van der Waals surface area contributed by atoms with Gasteiger partial charge in [-0.15, -0.1) is 0 Å². The van der Waals surface area contributed by atoms with Crippen LogP contribution in [0.15, 0.2) is 11.8 Å². The van der Waals surface area contributed by atoms with Crippen molar-refractivity contribution in [2.24, 2.45) is 0 Å². The minimum absolute atomic E-state index is 0.0619. The van der Waals surface area contributed by atoms with E-state index in [1.807, 2.05) is 6.92 Å². The van der Waals surface area contributed by atoms with Gasteiger partial charge in [-0.1, -0.05) is 44.9 Å². The molecule has 0 bridgehead atoms. The van der Waals surface area contributed by atoms with E-state index >= 15 is 0 Å². The highest BCUT2D eigenvalue weighted by Gasteiger charge is 2.35. The van der Waals surface area contributed by atoms with Crippen LogP contribution in [0.2, 0.25) is 0 Å². The number of aliphatic hydroxyl groups excluding tert-OH is 3. The first-order chi connectivity index (χ1) is 11.7. The number of hydrogen-bond donors (Lipinski definition) is 3. The van der Waals surface area contributed by atoms with Crippen LogP contribution >= 0.6 is 0 Å². The van der Waals surface area contributed by atoms with Crippen LogP contribution in [-0.2, 0) is 14.3 Å². The fourth-order valence-corrected chi connectivity index (χ4v) is 2.89. The molecule has 0 unspecified atom stereocenters. The molecular formula is C19H34O6. The smallest absolute Gasteiger partial charge is 0.337 e. The molecule has 0 spiro atoms. The first-order valence-electron chi connectivity index (χ1n) is 9.39. The molecular weight excluding hydrogens is 324 g/mol. The van der Waals surface area contributed by atoms with Crippen molar-refractivity contribution in [1.29, 1.82) is 0 Å². The van der Waals surface area contributed by atoms with E-state index in [0.29, 0.717) is 6.42 Å². The maximum atomic E-state index is 11.5. The van der Waals surface area contributed by atoms with Crippen molar-refractivity contribution in [3.05, 3.63) is 11.8 Å². The highest BCUT2D eigenvalue weighted by atomic mass is 16.7. The molecule has 0 aromatic rings. The van der Waals surface area contributed by atoms with Crippen molar-refractivity contribution in [2.75, 3.05) is 0 Å². The van der Waals surface area contributed by atoms with E-state index in [-0.39, 0.29) is 11.9 Å². The zero-order chi connectivity index (χ0) is 18.9. The van der Waals surface area contributed by atoms with Gasteiger partial charge in [-0.05, 0) is 19.8 Å². The lowest BCUT2D eigenvalue weighted by Crippen LogP contribution is -2.40. The number of carbonyl (C=O) groups excluding carboxylic acids is 1. The van der Waals surface area contributed by atoms with Crippen molar-refractivity contribution in [3.63, 3.8) is 0 Å². The van der Waals surface area contributed by atoms with Gasteiger partial charge in [0.25, 0.3) is 0 Å². The number of hydrogen-bond acceptors (Lipinski definition) is 6. The second kappa shape index (κ2) is 10.8. The molecule has 1 aliphatic rings. The number of rotatable bonds is 12. The minimum atomic E-state index is -1.22. The van der Waals surface area contributed by atoms with Gasteiger partial charge in [-0.2, -0.15) is 0 Å². The van der Waals surface area contributed by atoms with Crippen LogP contribution in [0.5, 0.6) is 0 Å². The van der Waals surface area contributed by atoms with Gasteiger partial charge in [0.1, 0.15) is 11.9 Å². The van der Waals surface area contributed by atoms with Crippen LogP contribution in [-0.4, -0.2) is 45.4 Å². The van der Waals surface area contributed by atoms with Gasteiger partial charge in [0, 0.05) is 13.8 Å². The predicted molar refractivity (Wildman–Crippen MR) is 94.6 cm³/mol. The van der Waals surface area contributed by atoms with Crippen LogP contribution < -0.4 is 0 Å². The van der Waals surface area contributed by atoms with Crippen molar-refractivity contribution < 1.29 is 29.6 Å². The number of esters is 1. The summed E-state index contributed by atoms with van der Waals surface area (Å²) < 4.78 is 10.4. The second-order valence-electron chi connectivity index (χ2n) is 7.38. The summed E-state index contributed by atoms with van der Waals surface area (Å²) in [6.07, 6.45) is 7.45. The normalized spacial score (nSPS) is 20.2. The maximum absolute atomic E-state index is 11.5. The zero-order valence-corrected chi connectivity index (χ0v) is 15.7. The lowest BCUT2D eigenvalue weighted by molar-refractivity contribution is -0.213. The Morgan fingerprint density at radius 1 is 0.920 bits per heavy atom. The van der Waals surface area contributed by atoms with Gasteiger partial charge < -0.3 is 24.8 Å². The molecule has 0 amide bonds. The molecule has 3 atom stereocenters. The van der Waals surface area contributed by atoms with E-state index in [9.17, 15) is 20.1 Å². The van der Waals surface area contributed by atoms with Gasteiger partial charge in [0.2, 0.25) is 5.79 Å². The van der Waals surface area contributed by atoms with Gasteiger partial charge in [0.15, 0.2) is 0 Å². The maximum Gasteiger partial charge on any atom is 0.337 e. The summed E-state index contributed by atoms with van der Waals surface area (Å²) in [4.78, 5) is 11.5. The zero-order valence-electron chi connectivity index (χ0n) is 15.7. The lowest BCUT2D eigenvalue weighted by atomic mass is 10.0. The Morgan fingerprint density at radius 3 is 1.96 bits per heavy atom. The van der Waals surface area contributed by atoms with Gasteiger partial charge in [0.05, 0.1) is 18.3 Å². The van der Waals surface area contributed by atoms with E-state index in [1.165, 1.54) is 0 Å². The van der Waals surface area contributed by atoms with Crippen molar-refractivity contribution >= 4 is 5.97 Å². The largest absolute Gasteiger partial charge is 0.454 e. The summed E-state index contributed by atoms with van der Waals surface area (Å²) in [5, 5.41) is 29.4. The molecule has 1 rings (SSSR count).